The highest BCUT2D eigenvalue weighted by molar-refractivity contribution is 5.97. The van der Waals surface area contributed by atoms with Crippen molar-refractivity contribution in [2.24, 2.45) is 0 Å². The fraction of sp³-hybridized carbons (Fsp3) is 0.154. The number of rotatable bonds is 6. The molecule has 0 spiro atoms. The molecule has 8 heteroatoms. The number of anilines is 2. The number of hydrogen-bond donors (Lipinski definition) is 1. The number of allylic oxidation sites excluding steroid dienone is 1. The van der Waals surface area contributed by atoms with Gasteiger partial charge in [0, 0.05) is 11.8 Å². The highest BCUT2D eigenvalue weighted by Crippen LogP contribution is 2.36. The number of methoxy groups -OCH3 is 1. The number of fused-ring (bicyclic) bond motifs is 1. The second-order valence-corrected chi connectivity index (χ2v) is 8.06. The van der Waals surface area contributed by atoms with Crippen LogP contribution < -0.4 is 15.0 Å². The van der Waals surface area contributed by atoms with E-state index in [-0.39, 0.29) is 18.5 Å². The third kappa shape index (κ3) is 4.25. The quantitative estimate of drug-likeness (QED) is 0.475. The summed E-state index contributed by atoms with van der Waals surface area (Å²) in [5.41, 5.74) is 4.73. The van der Waals surface area contributed by atoms with Crippen LogP contribution in [0.1, 0.15) is 22.7 Å². The smallest absolute Gasteiger partial charge is 0.251 e. The molecule has 1 atom stereocenters. The van der Waals surface area contributed by atoms with Crippen LogP contribution in [0.2, 0.25) is 0 Å². The summed E-state index contributed by atoms with van der Waals surface area (Å²) in [6, 6.07) is 25.3. The van der Waals surface area contributed by atoms with Gasteiger partial charge >= 0.3 is 0 Å². The Labute approximate surface area is 197 Å². The minimum atomic E-state index is -0.195. The molecule has 5 rings (SSSR count). The van der Waals surface area contributed by atoms with E-state index in [1.54, 1.807) is 17.9 Å². The third-order valence-electron chi connectivity index (χ3n) is 5.73. The van der Waals surface area contributed by atoms with Crippen molar-refractivity contribution < 1.29 is 9.53 Å². The first-order valence-electron chi connectivity index (χ1n) is 11.0. The molecular formula is C26H24N6O2. The zero-order valence-electron chi connectivity index (χ0n) is 18.9. The Bertz CT molecular complexity index is 1330. The molecule has 0 saturated heterocycles. The summed E-state index contributed by atoms with van der Waals surface area (Å²) >= 11 is 0. The van der Waals surface area contributed by atoms with Crippen molar-refractivity contribution >= 4 is 23.2 Å². The molecular weight excluding hydrogens is 428 g/mol. The van der Waals surface area contributed by atoms with E-state index in [0.717, 1.165) is 22.4 Å². The van der Waals surface area contributed by atoms with E-state index in [1.807, 2.05) is 60.4 Å². The van der Waals surface area contributed by atoms with Crippen LogP contribution in [0, 0.1) is 6.92 Å². The zero-order valence-corrected chi connectivity index (χ0v) is 18.9. The molecule has 1 amide bonds. The Morgan fingerprint density at radius 2 is 1.82 bits per heavy atom. The van der Waals surface area contributed by atoms with Crippen molar-refractivity contribution in [2.75, 3.05) is 23.9 Å². The molecule has 2 heterocycles. The fourth-order valence-corrected chi connectivity index (χ4v) is 4.03. The second-order valence-electron chi connectivity index (χ2n) is 8.06. The average Bonchev–Trinajstić information content (AvgIpc) is 3.36. The first-order chi connectivity index (χ1) is 16.6. The number of nitrogens with one attached hydrogen (secondary N) is 1. The second kappa shape index (κ2) is 9.19. The number of carbonyl (C=O) groups is 1. The van der Waals surface area contributed by atoms with Gasteiger partial charge < -0.3 is 10.1 Å². The topological polar surface area (TPSA) is 85.2 Å². The van der Waals surface area contributed by atoms with Crippen LogP contribution in [0.5, 0.6) is 5.75 Å². The van der Waals surface area contributed by atoms with Crippen LogP contribution in [-0.4, -0.2) is 39.8 Å². The number of nitrogens with zero attached hydrogens (tertiary/aromatic N) is 5. The van der Waals surface area contributed by atoms with E-state index in [9.17, 15) is 4.79 Å². The molecule has 8 nitrogen and oxygen atoms in total. The number of aryl methyl sites for hydroxylation is 1. The number of amides is 1. The number of hydrogen-bond acceptors (Lipinski definition) is 6. The molecule has 1 N–H and O–H groups in total. The molecule has 0 radical (unpaired) electrons. The lowest BCUT2D eigenvalue weighted by Gasteiger charge is -2.32. The van der Waals surface area contributed by atoms with Crippen molar-refractivity contribution in [3.8, 4) is 5.75 Å². The lowest BCUT2D eigenvalue weighted by atomic mass is 10.00. The van der Waals surface area contributed by atoms with Crippen molar-refractivity contribution in [3.05, 3.63) is 102 Å². The largest absolute Gasteiger partial charge is 0.497 e. The maximum absolute atomic E-state index is 13.1. The summed E-state index contributed by atoms with van der Waals surface area (Å²) in [5, 5.41) is 15.4. The van der Waals surface area contributed by atoms with Gasteiger partial charge in [0.1, 0.15) is 18.3 Å². The van der Waals surface area contributed by atoms with Crippen LogP contribution in [-0.2, 0) is 4.79 Å². The minimum absolute atomic E-state index is 0.0405. The van der Waals surface area contributed by atoms with Crippen LogP contribution in [0.4, 0.5) is 11.6 Å². The highest BCUT2D eigenvalue weighted by Gasteiger charge is 2.31. The zero-order chi connectivity index (χ0) is 23.5. The van der Waals surface area contributed by atoms with Crippen molar-refractivity contribution in [2.45, 2.75) is 13.0 Å². The van der Waals surface area contributed by atoms with E-state index in [0.29, 0.717) is 17.4 Å². The molecule has 1 aliphatic rings. The molecule has 170 valence electrons. The molecule has 3 aromatic carbocycles. The lowest BCUT2D eigenvalue weighted by Crippen LogP contribution is -2.37. The molecule has 0 unspecified atom stereocenters. The standard InChI is InChI=1S/C26H24N6O2/c1-18-11-13-20(14-12-18)23-16-24(19-7-4-3-5-8-19)32-26(28-29-30-32)31(23)17-25(33)27-21-9-6-10-22(15-21)34-2/h3-16,24H,17H2,1-2H3,(H,27,33)/t24-/m1/s1. The maximum Gasteiger partial charge on any atom is 0.251 e. The summed E-state index contributed by atoms with van der Waals surface area (Å²) in [7, 11) is 1.59. The summed E-state index contributed by atoms with van der Waals surface area (Å²) in [6.07, 6.45) is 2.10. The third-order valence-corrected chi connectivity index (χ3v) is 5.73. The van der Waals surface area contributed by atoms with Crippen LogP contribution in [0.15, 0.2) is 84.9 Å². The minimum Gasteiger partial charge on any atom is -0.497 e. The van der Waals surface area contributed by atoms with Gasteiger partial charge in [-0.3, -0.25) is 9.69 Å². The Morgan fingerprint density at radius 3 is 2.59 bits per heavy atom. The summed E-state index contributed by atoms with van der Waals surface area (Å²) in [6.45, 7) is 2.09. The Balaban J connectivity index is 1.51. The number of aromatic nitrogens is 4. The molecule has 4 aromatic rings. The van der Waals surface area contributed by atoms with Crippen LogP contribution in [0.25, 0.3) is 5.70 Å². The summed E-state index contributed by atoms with van der Waals surface area (Å²) < 4.78 is 7.00. The number of benzene rings is 3. The molecule has 0 aliphatic carbocycles. The first-order valence-corrected chi connectivity index (χ1v) is 11.0. The van der Waals surface area contributed by atoms with E-state index in [4.69, 9.17) is 4.74 Å². The molecule has 0 fully saturated rings. The van der Waals surface area contributed by atoms with Gasteiger partial charge in [-0.15, -0.1) is 0 Å². The fourth-order valence-electron chi connectivity index (χ4n) is 4.03. The molecule has 0 bridgehead atoms. The first kappa shape index (κ1) is 21.4. The molecule has 34 heavy (non-hydrogen) atoms. The monoisotopic (exact) mass is 452 g/mol. The van der Waals surface area contributed by atoms with Crippen LogP contribution >= 0.6 is 0 Å². The predicted molar refractivity (Wildman–Crippen MR) is 131 cm³/mol. The Kier molecular flexibility index (Phi) is 5.78. The van der Waals surface area contributed by atoms with Gasteiger partial charge in [0.2, 0.25) is 5.91 Å². The normalized spacial score (nSPS) is 14.8. The molecule has 0 saturated carbocycles. The lowest BCUT2D eigenvalue weighted by molar-refractivity contribution is -0.114. The summed E-state index contributed by atoms with van der Waals surface area (Å²) in [5.74, 6) is 0.984. The van der Waals surface area contributed by atoms with Gasteiger partial charge in [0.25, 0.3) is 5.95 Å². The van der Waals surface area contributed by atoms with Crippen LogP contribution in [0.3, 0.4) is 0 Å². The molecule has 1 aromatic heterocycles. The van der Waals surface area contributed by atoms with E-state index >= 15 is 0 Å². The van der Waals surface area contributed by atoms with Gasteiger partial charge in [-0.25, -0.2) is 0 Å². The number of ether oxygens (including phenoxy) is 1. The number of tetrazole rings is 1. The van der Waals surface area contributed by atoms with E-state index in [1.165, 1.54) is 0 Å². The average molecular weight is 453 g/mol. The maximum atomic E-state index is 13.1. The van der Waals surface area contributed by atoms with Crippen molar-refractivity contribution in [1.29, 1.82) is 0 Å². The van der Waals surface area contributed by atoms with Gasteiger partial charge in [-0.05, 0) is 46.7 Å². The number of carbonyl (C=O) groups excluding carboxylic acids is 1. The Hall–Kier alpha value is -4.46. The SMILES string of the molecule is COc1cccc(NC(=O)CN2C(c3ccc(C)cc3)=C[C@H](c3ccccc3)n3nnnc32)c1. The van der Waals surface area contributed by atoms with E-state index in [2.05, 4.69) is 51.2 Å². The molecule has 1 aliphatic heterocycles. The van der Waals surface area contributed by atoms with Gasteiger partial charge in [-0.1, -0.05) is 71.3 Å². The van der Waals surface area contributed by atoms with Crippen molar-refractivity contribution in [3.63, 3.8) is 0 Å². The predicted octanol–water partition coefficient (Wildman–Crippen LogP) is 4.08. The van der Waals surface area contributed by atoms with Gasteiger partial charge in [0.05, 0.1) is 12.8 Å². The van der Waals surface area contributed by atoms with Gasteiger partial charge in [-0.2, -0.15) is 4.68 Å². The Morgan fingerprint density at radius 1 is 1.03 bits per heavy atom. The summed E-state index contributed by atoms with van der Waals surface area (Å²) in [4.78, 5) is 14.9. The van der Waals surface area contributed by atoms with Crippen molar-refractivity contribution in [1.82, 2.24) is 20.2 Å². The van der Waals surface area contributed by atoms with E-state index < -0.39 is 0 Å². The highest BCUT2D eigenvalue weighted by atomic mass is 16.5. The van der Waals surface area contributed by atoms with Gasteiger partial charge in [0.15, 0.2) is 0 Å².